The first-order valence-corrected chi connectivity index (χ1v) is 8.40. The van der Waals surface area contributed by atoms with E-state index in [1.54, 1.807) is 0 Å². The number of aryl methyl sites for hydroxylation is 1. The van der Waals surface area contributed by atoms with E-state index in [9.17, 15) is 0 Å². The molecule has 0 saturated heterocycles. The predicted molar refractivity (Wildman–Crippen MR) is 60.2 cm³/mol. The molecule has 0 amide bonds. The molecule has 1 nitrogen and oxygen atoms in total. The molecule has 1 N–H and O–H groups in total. The minimum atomic E-state index is 1.15. The average molecular weight is 258 g/mol. The summed E-state index contributed by atoms with van der Waals surface area (Å²) in [4.78, 5) is 4.78. The van der Waals surface area contributed by atoms with E-state index >= 15 is 0 Å². The zero-order valence-electron chi connectivity index (χ0n) is 6.86. The van der Waals surface area contributed by atoms with Gasteiger partial charge in [-0.2, -0.15) is 0 Å². The number of fused-ring (bicyclic) bond motifs is 1. The maximum absolute atomic E-state index is 3.55. The smallest absolute Gasteiger partial charge is 0.311 e. The molecule has 0 saturated carbocycles. The van der Waals surface area contributed by atoms with Gasteiger partial charge in [-0.1, -0.05) is 12.2 Å². The number of aromatic amines is 1. The summed E-state index contributed by atoms with van der Waals surface area (Å²) in [7, 11) is 1.93. The Hall–Kier alpha value is 0.382. The molecule has 0 aromatic carbocycles. The number of rotatable bonds is 1. The first kappa shape index (κ1) is 8.96. The molecule has 0 spiro atoms. The summed E-state index contributed by atoms with van der Waals surface area (Å²) in [5.41, 5.74) is 2.80. The standard InChI is InChI=1S/C8H8BrNS.Al.2H/c9-8-7(11)5-3-1-2-4-6(5)10-8;;;/h1,3,10-11H,2,4H2;;;/q;+1;;/p-1. The fourth-order valence-electron chi connectivity index (χ4n) is 1.51. The predicted octanol–water partition coefficient (Wildman–Crippen LogP) is 2.38. The van der Waals surface area contributed by atoms with Crippen LogP contribution in [0.1, 0.15) is 17.7 Å². The molecule has 4 heteroatoms. The van der Waals surface area contributed by atoms with Gasteiger partial charge in [0.05, 0.1) is 4.60 Å². The van der Waals surface area contributed by atoms with Crippen molar-refractivity contribution in [1.29, 1.82) is 0 Å². The van der Waals surface area contributed by atoms with Crippen LogP contribution in [0.2, 0.25) is 0 Å². The summed E-state index contributed by atoms with van der Waals surface area (Å²) < 4.78 is 1.17. The van der Waals surface area contributed by atoms with Crippen LogP contribution in [0.4, 0.5) is 0 Å². The Balaban J connectivity index is 2.56. The zero-order valence-corrected chi connectivity index (χ0v) is 11.3. The summed E-state index contributed by atoms with van der Waals surface area (Å²) >= 11 is 4.70. The van der Waals surface area contributed by atoms with Crippen molar-refractivity contribution in [2.45, 2.75) is 17.7 Å². The summed E-state index contributed by atoms with van der Waals surface area (Å²) in [5.74, 6) is 0. The summed E-state index contributed by atoms with van der Waals surface area (Å²) in [5, 5.41) is 0. The molecule has 1 aromatic rings. The van der Waals surface area contributed by atoms with Gasteiger partial charge in [0.15, 0.2) is 0 Å². The highest BCUT2D eigenvalue weighted by Gasteiger charge is 2.13. The van der Waals surface area contributed by atoms with E-state index in [4.69, 9.17) is 0 Å². The fourth-order valence-corrected chi connectivity index (χ4v) is 5.26. The Morgan fingerprint density at radius 2 is 2.42 bits per heavy atom. The van der Waals surface area contributed by atoms with Gasteiger partial charge < -0.3 is 4.98 Å². The van der Waals surface area contributed by atoms with Gasteiger partial charge in [0.25, 0.3) is 0 Å². The van der Waals surface area contributed by atoms with Crippen molar-refractivity contribution in [3.05, 3.63) is 21.9 Å². The highest BCUT2D eigenvalue weighted by Crippen LogP contribution is 2.34. The van der Waals surface area contributed by atoms with Gasteiger partial charge in [-0.25, -0.2) is 10.1 Å². The van der Waals surface area contributed by atoms with Crippen LogP contribution in [0.25, 0.3) is 6.08 Å². The molecular weight excluding hydrogens is 249 g/mol. The third-order valence-electron chi connectivity index (χ3n) is 2.08. The lowest BCUT2D eigenvalue weighted by atomic mass is 10.1. The van der Waals surface area contributed by atoms with Gasteiger partial charge in [-0.15, -0.1) is 0 Å². The van der Waals surface area contributed by atoms with Crippen molar-refractivity contribution in [2.24, 2.45) is 0 Å². The van der Waals surface area contributed by atoms with Crippen LogP contribution in [0.5, 0.6) is 0 Å². The van der Waals surface area contributed by atoms with Gasteiger partial charge >= 0.3 is 15.2 Å². The van der Waals surface area contributed by atoms with Crippen LogP contribution < -0.4 is 0 Å². The Morgan fingerprint density at radius 1 is 1.58 bits per heavy atom. The van der Waals surface area contributed by atoms with Gasteiger partial charge in [0.1, 0.15) is 0 Å². The van der Waals surface area contributed by atoms with E-state index in [0.29, 0.717) is 0 Å². The largest absolute Gasteiger partial charge is 0.352 e. The van der Waals surface area contributed by atoms with E-state index in [-0.39, 0.29) is 0 Å². The zero-order chi connectivity index (χ0) is 8.55. The highest BCUT2D eigenvalue weighted by atomic mass is 79.9. The van der Waals surface area contributed by atoms with Gasteiger partial charge in [0.2, 0.25) is 0 Å². The maximum atomic E-state index is 3.55. The SMILES string of the molecule is [AlH2][S]c1c(Br)[nH]c2c1C=CCC2. The number of halogens is 1. The molecule has 2 rings (SSSR count). The number of hydrogen-bond acceptors (Lipinski definition) is 1. The Bertz CT molecular complexity index is 332. The lowest BCUT2D eigenvalue weighted by molar-refractivity contribution is 0.941. The molecule has 1 aliphatic rings. The Kier molecular flexibility index (Phi) is 2.71. The third kappa shape index (κ3) is 1.42. The van der Waals surface area contributed by atoms with Crippen LogP contribution in [0.3, 0.4) is 0 Å². The maximum Gasteiger partial charge on any atom is 0.311 e. The molecule has 62 valence electrons. The first-order chi connectivity index (χ1) is 5.83. The third-order valence-corrected chi connectivity index (χ3v) is 4.99. The van der Waals surface area contributed by atoms with Crippen molar-refractivity contribution >= 4 is 47.3 Å². The summed E-state index contributed by atoms with van der Waals surface area (Å²) in [6, 6.07) is 0. The fraction of sp³-hybridized carbons (Fsp3) is 0.250. The highest BCUT2D eigenvalue weighted by molar-refractivity contribution is 9.10. The number of aromatic nitrogens is 1. The molecule has 0 unspecified atom stereocenters. The second kappa shape index (κ2) is 3.63. The molecule has 0 atom stereocenters. The van der Waals surface area contributed by atoms with Crippen LogP contribution in [-0.2, 0) is 6.42 Å². The number of allylic oxidation sites excluding steroid dienone is 1. The van der Waals surface area contributed by atoms with E-state index in [1.165, 1.54) is 27.2 Å². The van der Waals surface area contributed by atoms with Crippen molar-refractivity contribution in [3.63, 3.8) is 0 Å². The minimum Gasteiger partial charge on any atom is -0.352 e. The minimum absolute atomic E-state index is 1.15. The molecule has 0 fully saturated rings. The summed E-state index contributed by atoms with van der Waals surface area (Å²) in [6.45, 7) is 0. The van der Waals surface area contributed by atoms with Gasteiger partial charge in [-0.05, 0) is 28.8 Å². The van der Waals surface area contributed by atoms with E-state index in [1.807, 2.05) is 10.1 Å². The van der Waals surface area contributed by atoms with Gasteiger partial charge in [-0.3, -0.25) is 0 Å². The number of nitrogens with one attached hydrogen (secondary N) is 1. The Labute approximate surface area is 91.6 Å². The normalized spacial score (nSPS) is 14.8. The first-order valence-electron chi connectivity index (χ1n) is 3.94. The Morgan fingerprint density at radius 3 is 3.17 bits per heavy atom. The van der Waals surface area contributed by atoms with Crippen LogP contribution in [0.15, 0.2) is 15.6 Å². The lowest BCUT2D eigenvalue weighted by Gasteiger charge is -2.04. The molecule has 1 aromatic heterocycles. The topological polar surface area (TPSA) is 15.8 Å². The molecular formula is C8H9AlBrNS. The quantitative estimate of drug-likeness (QED) is 0.765. The van der Waals surface area contributed by atoms with Crippen LogP contribution in [-0.4, -0.2) is 20.1 Å². The van der Waals surface area contributed by atoms with Crippen molar-refractivity contribution in [3.8, 4) is 0 Å². The number of hydrogen-bond donors (Lipinski definition) is 1. The monoisotopic (exact) mass is 257 g/mol. The van der Waals surface area contributed by atoms with E-state index in [0.717, 1.165) is 21.6 Å². The van der Waals surface area contributed by atoms with Crippen molar-refractivity contribution in [2.75, 3.05) is 0 Å². The lowest BCUT2D eigenvalue weighted by Crippen LogP contribution is -1.91. The van der Waals surface area contributed by atoms with Crippen molar-refractivity contribution in [1.82, 2.24) is 4.98 Å². The summed E-state index contributed by atoms with van der Waals surface area (Å²) in [6.07, 6.45) is 6.82. The molecule has 1 heterocycles. The second-order valence-corrected chi connectivity index (χ2v) is 5.64. The molecule has 12 heavy (non-hydrogen) atoms. The second-order valence-electron chi connectivity index (χ2n) is 2.81. The molecule has 0 aliphatic heterocycles. The molecule has 0 bridgehead atoms. The molecule has 1 aliphatic carbocycles. The number of H-pyrrole nitrogens is 1. The van der Waals surface area contributed by atoms with Crippen LogP contribution >= 0.6 is 26.1 Å². The van der Waals surface area contributed by atoms with Crippen LogP contribution in [0, 0.1) is 0 Å². The average Bonchev–Trinajstić information content (AvgIpc) is 2.40. The van der Waals surface area contributed by atoms with Crippen molar-refractivity contribution < 1.29 is 0 Å². The van der Waals surface area contributed by atoms with Gasteiger partial charge in [0, 0.05) is 16.2 Å². The van der Waals surface area contributed by atoms with E-state index in [2.05, 4.69) is 33.1 Å². The molecule has 0 radical (unpaired) electrons. The van der Waals surface area contributed by atoms with E-state index < -0.39 is 0 Å².